The van der Waals surface area contributed by atoms with Crippen molar-refractivity contribution < 1.29 is 22.7 Å². The van der Waals surface area contributed by atoms with E-state index in [-0.39, 0.29) is 64.9 Å². The molecule has 0 saturated carbocycles. The summed E-state index contributed by atoms with van der Waals surface area (Å²) < 4.78 is 35.2. The zero-order valence-corrected chi connectivity index (χ0v) is 27.7. The highest BCUT2D eigenvalue weighted by Crippen LogP contribution is 2.36. The van der Waals surface area contributed by atoms with Crippen molar-refractivity contribution in [3.8, 4) is 5.75 Å². The summed E-state index contributed by atoms with van der Waals surface area (Å²) >= 11 is 13.2. The van der Waals surface area contributed by atoms with Crippen LogP contribution >= 0.6 is 23.2 Å². The number of guanidine groups is 1. The summed E-state index contributed by atoms with van der Waals surface area (Å²) in [5.41, 5.74) is 12.4. The van der Waals surface area contributed by atoms with Crippen LogP contribution in [0, 0.1) is 6.92 Å². The largest absolute Gasteiger partial charge is 0.487 e. The van der Waals surface area contributed by atoms with Gasteiger partial charge in [0.05, 0.1) is 11.6 Å². The van der Waals surface area contributed by atoms with Crippen LogP contribution in [0.25, 0.3) is 10.9 Å². The van der Waals surface area contributed by atoms with E-state index in [1.165, 1.54) is 16.4 Å². The second-order valence-electron chi connectivity index (χ2n) is 11.4. The first-order chi connectivity index (χ1) is 22.0. The predicted molar refractivity (Wildman–Crippen MR) is 177 cm³/mol. The van der Waals surface area contributed by atoms with Gasteiger partial charge in [-0.1, -0.05) is 41.4 Å². The molecule has 2 amide bonds. The number of piperidine rings is 1. The predicted octanol–water partition coefficient (Wildman–Crippen LogP) is 3.35. The molecule has 5 N–H and O–H groups in total. The number of aryl methyl sites for hydroxylation is 1. The number of rotatable bonds is 10. The Morgan fingerprint density at radius 1 is 1.07 bits per heavy atom. The van der Waals surface area contributed by atoms with Gasteiger partial charge in [-0.25, -0.2) is 13.4 Å². The Morgan fingerprint density at radius 3 is 2.57 bits per heavy atom. The number of sulfonamides is 1. The van der Waals surface area contributed by atoms with Crippen LogP contribution in [-0.4, -0.2) is 78.6 Å². The maximum Gasteiger partial charge on any atom is 0.245 e. The monoisotopic (exact) mass is 689 g/mol. The normalized spacial score (nSPS) is 17.6. The van der Waals surface area contributed by atoms with Crippen LogP contribution in [0.3, 0.4) is 0 Å². The molecule has 2 saturated heterocycles. The summed E-state index contributed by atoms with van der Waals surface area (Å²) in [5.74, 6) is 0.0241. The Balaban J connectivity index is 1.25. The first-order valence-electron chi connectivity index (χ1n) is 15.1. The number of pyridine rings is 1. The molecule has 2 aliphatic rings. The Kier molecular flexibility index (Phi) is 10.6. The number of hydrogen-bond donors (Lipinski definition) is 3. The zero-order valence-electron chi connectivity index (χ0n) is 25.4. The molecule has 2 aromatic carbocycles. The van der Waals surface area contributed by atoms with E-state index < -0.39 is 16.1 Å². The van der Waals surface area contributed by atoms with E-state index in [9.17, 15) is 18.0 Å². The highest BCUT2D eigenvalue weighted by atomic mass is 35.5. The van der Waals surface area contributed by atoms with E-state index in [0.717, 1.165) is 11.1 Å². The maximum atomic E-state index is 14.0. The lowest BCUT2D eigenvalue weighted by molar-refractivity contribution is -0.132. The van der Waals surface area contributed by atoms with Gasteiger partial charge in [-0.3, -0.25) is 14.6 Å². The molecule has 0 aliphatic carbocycles. The Morgan fingerprint density at radius 2 is 1.83 bits per heavy atom. The molecule has 46 heavy (non-hydrogen) atoms. The Bertz CT molecular complexity index is 1760. The molecule has 0 unspecified atom stereocenters. The van der Waals surface area contributed by atoms with Crippen LogP contribution in [0.1, 0.15) is 43.4 Å². The molecule has 2 fully saturated rings. The van der Waals surface area contributed by atoms with Gasteiger partial charge in [0.15, 0.2) is 5.96 Å². The Hall–Kier alpha value is -3.65. The van der Waals surface area contributed by atoms with Gasteiger partial charge in [0.2, 0.25) is 21.8 Å². The van der Waals surface area contributed by atoms with Gasteiger partial charge in [0.25, 0.3) is 0 Å². The second kappa shape index (κ2) is 14.4. The fourth-order valence-corrected chi connectivity index (χ4v) is 8.34. The van der Waals surface area contributed by atoms with Crippen LogP contribution in [0.2, 0.25) is 10.0 Å². The van der Waals surface area contributed by atoms with Crippen LogP contribution < -0.4 is 21.5 Å². The van der Waals surface area contributed by atoms with Gasteiger partial charge in [0.1, 0.15) is 28.8 Å². The molecular formula is C31H37Cl2N7O5S. The van der Waals surface area contributed by atoms with Crippen molar-refractivity contribution in [1.82, 2.24) is 19.5 Å². The summed E-state index contributed by atoms with van der Waals surface area (Å²) in [4.78, 5) is 35.8. The quantitative estimate of drug-likeness (QED) is 0.215. The summed E-state index contributed by atoms with van der Waals surface area (Å²) in [6.45, 7) is 3.13. The van der Waals surface area contributed by atoms with E-state index in [4.69, 9.17) is 39.4 Å². The fourth-order valence-electron chi connectivity index (χ4n) is 5.82. The third kappa shape index (κ3) is 7.49. The number of carbonyl (C=O) groups excluding carboxylic acids is 2. The smallest absolute Gasteiger partial charge is 0.245 e. The van der Waals surface area contributed by atoms with E-state index in [1.54, 1.807) is 11.0 Å². The summed E-state index contributed by atoms with van der Waals surface area (Å²) in [6, 6.07) is 11.2. The van der Waals surface area contributed by atoms with Gasteiger partial charge < -0.3 is 26.4 Å². The van der Waals surface area contributed by atoms with Gasteiger partial charge in [0, 0.05) is 53.8 Å². The van der Waals surface area contributed by atoms with Gasteiger partial charge in [-0.05, 0) is 56.9 Å². The van der Waals surface area contributed by atoms with E-state index in [1.807, 2.05) is 31.2 Å². The molecular weight excluding hydrogens is 653 g/mol. The van der Waals surface area contributed by atoms with Gasteiger partial charge >= 0.3 is 0 Å². The number of carbonyl (C=O) groups is 2. The molecule has 0 spiro atoms. The topological polar surface area (TPSA) is 173 Å². The fraction of sp³-hybridized carbons (Fsp3) is 0.419. The molecule has 246 valence electrons. The van der Waals surface area contributed by atoms with Crippen molar-refractivity contribution in [3.63, 3.8) is 0 Å². The number of aromatic nitrogens is 1. The summed E-state index contributed by atoms with van der Waals surface area (Å²) in [6.07, 6.45) is 2.20. The second-order valence-corrected chi connectivity index (χ2v) is 14.0. The van der Waals surface area contributed by atoms with Crippen LogP contribution in [-0.2, 0) is 26.2 Å². The van der Waals surface area contributed by atoms with Crippen molar-refractivity contribution in [3.05, 3.63) is 63.8 Å². The zero-order chi connectivity index (χ0) is 33.0. The van der Waals surface area contributed by atoms with Crippen LogP contribution in [0.5, 0.6) is 5.75 Å². The van der Waals surface area contributed by atoms with E-state index in [2.05, 4.69) is 15.3 Å². The number of likely N-dealkylation sites (tertiary alicyclic amines) is 1. The average Bonchev–Trinajstić information content (AvgIpc) is 3.53. The van der Waals surface area contributed by atoms with Gasteiger partial charge in [-0.15, -0.1) is 0 Å². The minimum atomic E-state index is -4.17. The maximum absolute atomic E-state index is 14.0. The number of para-hydroxylation sites is 1. The molecule has 3 heterocycles. The van der Waals surface area contributed by atoms with Crippen LogP contribution in [0.4, 0.5) is 0 Å². The highest BCUT2D eigenvalue weighted by molar-refractivity contribution is 7.89. The number of nitrogens with two attached hydrogens (primary N) is 2. The molecule has 0 bridgehead atoms. The number of amides is 2. The third-order valence-electron chi connectivity index (χ3n) is 8.25. The molecule has 2 aliphatic heterocycles. The molecule has 5 rings (SSSR count). The SMILES string of the molecule is Cc1ccc2cccc(OCc3c(Cl)ccc(S(=O)(=O)N4CCC[C@H]4C(=O)NC4CCN(C(=O)CCN=C(N)N)CC4)c3Cl)c2n1. The first-order valence-corrected chi connectivity index (χ1v) is 17.3. The van der Waals surface area contributed by atoms with Crippen LogP contribution in [0.15, 0.2) is 52.4 Å². The lowest BCUT2D eigenvalue weighted by atomic mass is 10.0. The minimum Gasteiger partial charge on any atom is -0.487 e. The van der Waals surface area contributed by atoms with Crippen molar-refractivity contribution >= 4 is 61.9 Å². The number of nitrogens with zero attached hydrogens (tertiary/aromatic N) is 4. The van der Waals surface area contributed by atoms with Gasteiger partial charge in [-0.2, -0.15) is 4.31 Å². The number of aliphatic imine (C=N–C) groups is 1. The van der Waals surface area contributed by atoms with E-state index in [0.29, 0.717) is 55.6 Å². The van der Waals surface area contributed by atoms with Crippen molar-refractivity contribution in [2.24, 2.45) is 16.5 Å². The minimum absolute atomic E-state index is 0.0557. The molecule has 15 heteroatoms. The number of ether oxygens (including phenoxy) is 1. The first kappa shape index (κ1) is 33.7. The third-order valence-corrected chi connectivity index (χ3v) is 11.1. The Labute approximate surface area is 278 Å². The number of benzene rings is 2. The van der Waals surface area contributed by atoms with Crippen molar-refractivity contribution in [2.75, 3.05) is 26.2 Å². The van der Waals surface area contributed by atoms with Crippen molar-refractivity contribution in [1.29, 1.82) is 0 Å². The molecule has 0 radical (unpaired) electrons. The number of fused-ring (bicyclic) bond motifs is 1. The highest BCUT2D eigenvalue weighted by Gasteiger charge is 2.41. The van der Waals surface area contributed by atoms with Crippen molar-refractivity contribution in [2.45, 2.75) is 62.6 Å². The standard InChI is InChI=1S/C31H37Cl2N7O5S/c1-19-7-8-20-4-2-6-25(29(20)37-19)45-18-22-23(32)9-10-26(28(22)33)46(43,44)40-15-3-5-24(40)30(42)38-21-12-16-39(17-13-21)27(41)11-14-36-31(34)35/h2,4,6-10,21,24H,3,5,11-18H2,1H3,(H,38,42)(H4,34,35,36)/t24-/m0/s1. The number of halogens is 2. The summed E-state index contributed by atoms with van der Waals surface area (Å²) in [7, 11) is -4.17. The molecule has 12 nitrogen and oxygen atoms in total. The lowest BCUT2D eigenvalue weighted by Gasteiger charge is -2.33. The molecule has 3 aromatic rings. The number of nitrogens with one attached hydrogen (secondary N) is 1. The summed E-state index contributed by atoms with van der Waals surface area (Å²) in [5, 5.41) is 4.10. The lowest BCUT2D eigenvalue weighted by Crippen LogP contribution is -2.52. The molecule has 1 atom stereocenters. The average molecular weight is 691 g/mol. The van der Waals surface area contributed by atoms with E-state index >= 15 is 0 Å². The molecule has 1 aromatic heterocycles. The number of hydrogen-bond acceptors (Lipinski definition) is 7.